The molecule has 1 aromatic carbocycles. The first kappa shape index (κ1) is 24.9. The van der Waals surface area contributed by atoms with Gasteiger partial charge in [-0.2, -0.15) is 13.2 Å². The second-order valence-corrected chi connectivity index (χ2v) is 6.77. The summed E-state index contributed by atoms with van der Waals surface area (Å²) in [5, 5.41) is 6.19. The maximum atomic E-state index is 13.9. The lowest BCUT2D eigenvalue weighted by Crippen LogP contribution is -2.45. The molecule has 4 nitrogen and oxygen atoms in total. The van der Waals surface area contributed by atoms with E-state index >= 15 is 0 Å². The summed E-state index contributed by atoms with van der Waals surface area (Å²) in [6.07, 6.45) is -3.62. The Balaban J connectivity index is 0.00000392. The second kappa shape index (κ2) is 11.1. The van der Waals surface area contributed by atoms with Crippen LogP contribution in [0.2, 0.25) is 0 Å². The SMILES string of the molecule is CCNC(=NCC(C)c1ccc(F)cc1F)NC1CCN(CC(F)(F)F)C1.I. The number of guanidine groups is 1. The third-order valence-corrected chi connectivity index (χ3v) is 4.38. The van der Waals surface area contributed by atoms with E-state index in [2.05, 4.69) is 15.6 Å². The highest BCUT2D eigenvalue weighted by molar-refractivity contribution is 14.0. The van der Waals surface area contributed by atoms with Crippen LogP contribution in [0.3, 0.4) is 0 Å². The van der Waals surface area contributed by atoms with Crippen LogP contribution in [0.5, 0.6) is 0 Å². The number of benzene rings is 1. The standard InChI is InChI=1S/C18H25F5N4.HI/c1-3-24-17(26-14-6-7-27(10-14)11-18(21,22)23)25-9-12(2)15-5-4-13(19)8-16(15)20;/h4-5,8,12,14H,3,6-7,9-11H2,1-2H3,(H2,24,25,26);1H. The van der Waals surface area contributed by atoms with Gasteiger partial charge in [0.2, 0.25) is 0 Å². The molecule has 2 N–H and O–H groups in total. The molecule has 0 aromatic heterocycles. The minimum atomic E-state index is -4.21. The van der Waals surface area contributed by atoms with Crippen molar-refractivity contribution in [1.82, 2.24) is 15.5 Å². The van der Waals surface area contributed by atoms with E-state index in [4.69, 9.17) is 0 Å². The molecule has 0 amide bonds. The molecule has 1 heterocycles. The number of hydrogen-bond donors (Lipinski definition) is 2. The van der Waals surface area contributed by atoms with Crippen LogP contribution >= 0.6 is 24.0 Å². The van der Waals surface area contributed by atoms with Gasteiger partial charge in [-0.1, -0.05) is 13.0 Å². The third kappa shape index (κ3) is 8.06. The molecule has 1 saturated heterocycles. The van der Waals surface area contributed by atoms with Crippen molar-refractivity contribution in [3.63, 3.8) is 0 Å². The molecule has 10 heteroatoms. The van der Waals surface area contributed by atoms with E-state index in [-0.39, 0.29) is 49.0 Å². The lowest BCUT2D eigenvalue weighted by Gasteiger charge is -2.20. The number of rotatable bonds is 6. The first-order valence-corrected chi connectivity index (χ1v) is 8.97. The van der Waals surface area contributed by atoms with Crippen LogP contribution in [0.25, 0.3) is 0 Å². The fourth-order valence-corrected chi connectivity index (χ4v) is 3.09. The Morgan fingerprint density at radius 3 is 2.64 bits per heavy atom. The summed E-state index contributed by atoms with van der Waals surface area (Å²) >= 11 is 0. The summed E-state index contributed by atoms with van der Waals surface area (Å²) in [4.78, 5) is 5.77. The largest absolute Gasteiger partial charge is 0.401 e. The minimum Gasteiger partial charge on any atom is -0.357 e. The van der Waals surface area contributed by atoms with E-state index in [1.54, 1.807) is 6.92 Å². The Hall–Kier alpha value is -1.17. The number of hydrogen-bond acceptors (Lipinski definition) is 2. The predicted octanol–water partition coefficient (Wildman–Crippen LogP) is 3.88. The Labute approximate surface area is 179 Å². The fourth-order valence-electron chi connectivity index (χ4n) is 3.09. The molecule has 1 aliphatic heterocycles. The molecule has 1 aromatic rings. The zero-order chi connectivity index (χ0) is 20.0. The summed E-state index contributed by atoms with van der Waals surface area (Å²) in [5.41, 5.74) is 0.369. The van der Waals surface area contributed by atoms with Crippen LogP contribution in [0.4, 0.5) is 22.0 Å². The molecule has 0 bridgehead atoms. The zero-order valence-corrected chi connectivity index (χ0v) is 18.2. The Morgan fingerprint density at radius 2 is 2.04 bits per heavy atom. The van der Waals surface area contributed by atoms with Crippen LogP contribution in [0, 0.1) is 11.6 Å². The van der Waals surface area contributed by atoms with E-state index in [0.29, 0.717) is 31.0 Å². The smallest absolute Gasteiger partial charge is 0.357 e. The predicted molar refractivity (Wildman–Crippen MR) is 110 cm³/mol. The normalized spacial score (nSPS) is 19.2. The van der Waals surface area contributed by atoms with E-state index in [9.17, 15) is 22.0 Å². The van der Waals surface area contributed by atoms with Crippen molar-refractivity contribution in [2.75, 3.05) is 32.7 Å². The number of likely N-dealkylation sites (tertiary alicyclic amines) is 1. The summed E-state index contributed by atoms with van der Waals surface area (Å²) in [6, 6.07) is 3.31. The second-order valence-electron chi connectivity index (χ2n) is 6.77. The molecule has 2 unspecified atom stereocenters. The van der Waals surface area contributed by atoms with Crippen LogP contribution in [0.15, 0.2) is 23.2 Å². The van der Waals surface area contributed by atoms with Gasteiger partial charge in [0.1, 0.15) is 11.6 Å². The molecule has 28 heavy (non-hydrogen) atoms. The van der Waals surface area contributed by atoms with Gasteiger partial charge in [0.25, 0.3) is 0 Å². The van der Waals surface area contributed by atoms with Gasteiger partial charge in [-0.25, -0.2) is 8.78 Å². The van der Waals surface area contributed by atoms with E-state index < -0.39 is 24.4 Å². The van der Waals surface area contributed by atoms with E-state index in [1.165, 1.54) is 17.0 Å². The molecule has 0 saturated carbocycles. The van der Waals surface area contributed by atoms with Crippen molar-refractivity contribution in [1.29, 1.82) is 0 Å². The van der Waals surface area contributed by atoms with Crippen molar-refractivity contribution in [2.45, 2.75) is 38.4 Å². The van der Waals surface area contributed by atoms with Crippen molar-refractivity contribution in [3.05, 3.63) is 35.4 Å². The number of aliphatic imine (C=N–C) groups is 1. The molecular weight excluding hydrogens is 494 g/mol. The summed E-state index contributed by atoms with van der Waals surface area (Å²) in [5.74, 6) is -1.04. The van der Waals surface area contributed by atoms with Crippen molar-refractivity contribution < 1.29 is 22.0 Å². The minimum absolute atomic E-state index is 0. The van der Waals surface area contributed by atoms with Gasteiger partial charge in [0, 0.05) is 44.2 Å². The summed E-state index contributed by atoms with van der Waals surface area (Å²) < 4.78 is 64.4. The highest BCUT2D eigenvalue weighted by Gasteiger charge is 2.34. The van der Waals surface area contributed by atoms with Gasteiger partial charge in [0.15, 0.2) is 5.96 Å². The van der Waals surface area contributed by atoms with Crippen LogP contribution in [-0.4, -0.2) is 55.8 Å². The molecule has 0 aliphatic carbocycles. The molecule has 0 radical (unpaired) electrons. The van der Waals surface area contributed by atoms with E-state index in [0.717, 1.165) is 6.07 Å². The van der Waals surface area contributed by atoms with Crippen LogP contribution < -0.4 is 10.6 Å². The third-order valence-electron chi connectivity index (χ3n) is 4.38. The topological polar surface area (TPSA) is 39.7 Å². The maximum absolute atomic E-state index is 13.9. The first-order chi connectivity index (χ1) is 12.7. The molecule has 1 fully saturated rings. The first-order valence-electron chi connectivity index (χ1n) is 8.97. The average Bonchev–Trinajstić information content (AvgIpc) is 2.97. The van der Waals surface area contributed by atoms with Crippen LogP contribution in [-0.2, 0) is 0 Å². The lowest BCUT2D eigenvalue weighted by molar-refractivity contribution is -0.143. The van der Waals surface area contributed by atoms with Crippen LogP contribution in [0.1, 0.15) is 31.7 Å². The fraction of sp³-hybridized carbons (Fsp3) is 0.611. The molecular formula is C18H26F5IN4. The average molecular weight is 520 g/mol. The highest BCUT2D eigenvalue weighted by atomic mass is 127. The number of nitrogens with zero attached hydrogens (tertiary/aromatic N) is 2. The van der Waals surface area contributed by atoms with Gasteiger partial charge in [-0.3, -0.25) is 9.89 Å². The van der Waals surface area contributed by atoms with Gasteiger partial charge in [-0.15, -0.1) is 24.0 Å². The van der Waals surface area contributed by atoms with Gasteiger partial charge in [-0.05, 0) is 25.0 Å². The van der Waals surface area contributed by atoms with Crippen molar-refractivity contribution in [2.24, 2.45) is 4.99 Å². The molecule has 0 spiro atoms. The lowest BCUT2D eigenvalue weighted by atomic mass is 10.0. The summed E-state index contributed by atoms with van der Waals surface area (Å²) in [6.45, 7) is 4.25. The van der Waals surface area contributed by atoms with Gasteiger partial charge >= 0.3 is 6.18 Å². The monoisotopic (exact) mass is 520 g/mol. The number of nitrogens with one attached hydrogen (secondary N) is 2. The summed E-state index contributed by atoms with van der Waals surface area (Å²) in [7, 11) is 0. The zero-order valence-electron chi connectivity index (χ0n) is 15.8. The number of alkyl halides is 3. The highest BCUT2D eigenvalue weighted by Crippen LogP contribution is 2.21. The quantitative estimate of drug-likeness (QED) is 0.259. The van der Waals surface area contributed by atoms with Gasteiger partial charge < -0.3 is 10.6 Å². The van der Waals surface area contributed by atoms with Gasteiger partial charge in [0.05, 0.1) is 6.54 Å². The van der Waals surface area contributed by atoms with E-state index in [1.807, 2.05) is 6.92 Å². The molecule has 160 valence electrons. The number of halogens is 6. The maximum Gasteiger partial charge on any atom is 0.401 e. The van der Waals surface area contributed by atoms with Crippen molar-refractivity contribution in [3.8, 4) is 0 Å². The molecule has 2 atom stereocenters. The Bertz CT molecular complexity index is 653. The Kier molecular flexibility index (Phi) is 9.88. The molecule has 1 aliphatic rings. The Morgan fingerprint density at radius 1 is 1.32 bits per heavy atom. The molecule has 2 rings (SSSR count). The van der Waals surface area contributed by atoms with Crippen molar-refractivity contribution >= 4 is 29.9 Å².